The first-order valence-electron chi connectivity index (χ1n) is 9.96. The van der Waals surface area contributed by atoms with Crippen molar-refractivity contribution in [1.82, 2.24) is 4.31 Å². The van der Waals surface area contributed by atoms with E-state index in [0.29, 0.717) is 30.9 Å². The van der Waals surface area contributed by atoms with Gasteiger partial charge in [-0.1, -0.05) is 36.4 Å². The van der Waals surface area contributed by atoms with Gasteiger partial charge < -0.3 is 10.1 Å². The Balaban J connectivity index is 1.39. The van der Waals surface area contributed by atoms with Crippen LogP contribution in [0.5, 0.6) is 5.75 Å². The van der Waals surface area contributed by atoms with Crippen LogP contribution >= 0.6 is 0 Å². The maximum atomic E-state index is 12.3. The summed E-state index contributed by atoms with van der Waals surface area (Å²) in [5.74, 6) is 0.455. The predicted octanol–water partition coefficient (Wildman–Crippen LogP) is 3.57. The lowest BCUT2D eigenvalue weighted by Gasteiger charge is -2.28. The molecule has 0 bridgehead atoms. The van der Waals surface area contributed by atoms with Crippen LogP contribution in [-0.2, 0) is 27.8 Å². The van der Waals surface area contributed by atoms with E-state index in [4.69, 9.17) is 4.74 Å². The number of amides is 1. The zero-order valence-corrected chi connectivity index (χ0v) is 17.6. The second-order valence-electron chi connectivity index (χ2n) is 7.31. The normalized spacial score (nSPS) is 14.3. The van der Waals surface area contributed by atoms with Gasteiger partial charge >= 0.3 is 0 Å². The first-order valence-corrected chi connectivity index (χ1v) is 11.6. The Labute approximate surface area is 176 Å². The molecular weight excluding hydrogens is 400 g/mol. The van der Waals surface area contributed by atoms with Crippen LogP contribution in [0, 0.1) is 0 Å². The summed E-state index contributed by atoms with van der Waals surface area (Å²) in [5.41, 5.74) is 2.67. The minimum Gasteiger partial charge on any atom is -0.484 e. The summed E-state index contributed by atoms with van der Waals surface area (Å²) in [6.07, 6.45) is 0.674. The van der Waals surface area contributed by atoms with Crippen molar-refractivity contribution < 1.29 is 17.9 Å². The molecule has 1 aliphatic rings. The Kier molecular flexibility index (Phi) is 5.74. The van der Waals surface area contributed by atoms with Crippen LogP contribution in [0.1, 0.15) is 18.1 Å². The molecule has 0 atom stereocenters. The summed E-state index contributed by atoms with van der Waals surface area (Å²) in [6, 6.07) is 19.3. The topological polar surface area (TPSA) is 75.7 Å². The molecule has 0 fully saturated rings. The molecule has 156 valence electrons. The van der Waals surface area contributed by atoms with Crippen LogP contribution in [-0.4, -0.2) is 37.5 Å². The van der Waals surface area contributed by atoms with E-state index in [2.05, 4.69) is 5.32 Å². The lowest BCUT2D eigenvalue weighted by atomic mass is 10.0. The number of nitrogens with one attached hydrogen (secondary N) is 1. The van der Waals surface area contributed by atoms with Crippen LogP contribution in [0.15, 0.2) is 60.7 Å². The fraction of sp³-hybridized carbons (Fsp3) is 0.261. The zero-order chi connectivity index (χ0) is 21.1. The number of benzene rings is 3. The van der Waals surface area contributed by atoms with Crippen LogP contribution < -0.4 is 10.1 Å². The van der Waals surface area contributed by atoms with E-state index < -0.39 is 10.0 Å². The third-order valence-electron chi connectivity index (χ3n) is 5.32. The van der Waals surface area contributed by atoms with Crippen molar-refractivity contribution in [2.24, 2.45) is 0 Å². The molecule has 30 heavy (non-hydrogen) atoms. The smallest absolute Gasteiger partial charge is 0.262 e. The summed E-state index contributed by atoms with van der Waals surface area (Å²) in [5, 5.41) is 5.00. The quantitative estimate of drug-likeness (QED) is 0.656. The van der Waals surface area contributed by atoms with Crippen molar-refractivity contribution in [3.05, 3.63) is 71.8 Å². The summed E-state index contributed by atoms with van der Waals surface area (Å²) in [4.78, 5) is 12.3. The number of hydrogen-bond acceptors (Lipinski definition) is 4. The number of nitrogens with zero attached hydrogens (tertiary/aromatic N) is 1. The highest BCUT2D eigenvalue weighted by molar-refractivity contribution is 7.89. The number of hydrogen-bond donors (Lipinski definition) is 1. The molecule has 1 N–H and O–H groups in total. The number of carbonyl (C=O) groups is 1. The Bertz CT molecular complexity index is 1190. The first-order chi connectivity index (χ1) is 14.4. The van der Waals surface area contributed by atoms with Gasteiger partial charge in [-0.3, -0.25) is 4.79 Å². The second-order valence-corrected chi connectivity index (χ2v) is 9.57. The van der Waals surface area contributed by atoms with Gasteiger partial charge in [-0.2, -0.15) is 4.31 Å². The second kappa shape index (κ2) is 8.45. The van der Waals surface area contributed by atoms with E-state index >= 15 is 0 Å². The molecule has 1 aliphatic heterocycles. The minimum atomic E-state index is -3.23. The van der Waals surface area contributed by atoms with Crippen molar-refractivity contribution in [1.29, 1.82) is 0 Å². The summed E-state index contributed by atoms with van der Waals surface area (Å²) >= 11 is 0. The van der Waals surface area contributed by atoms with Crippen molar-refractivity contribution in [2.45, 2.75) is 19.9 Å². The number of rotatable bonds is 6. The molecule has 0 saturated carbocycles. The van der Waals surface area contributed by atoms with E-state index in [1.54, 1.807) is 6.92 Å². The molecule has 0 spiro atoms. The molecule has 6 nitrogen and oxygen atoms in total. The number of sulfonamides is 1. The van der Waals surface area contributed by atoms with Gasteiger partial charge in [0.15, 0.2) is 6.61 Å². The fourth-order valence-electron chi connectivity index (χ4n) is 3.63. The van der Waals surface area contributed by atoms with Crippen LogP contribution in [0.4, 0.5) is 5.69 Å². The summed E-state index contributed by atoms with van der Waals surface area (Å²) in [7, 11) is -3.23. The molecule has 3 aromatic rings. The van der Waals surface area contributed by atoms with Gasteiger partial charge in [-0.25, -0.2) is 8.42 Å². The van der Waals surface area contributed by atoms with Gasteiger partial charge in [-0.15, -0.1) is 0 Å². The standard InChI is InChI=1S/C23H24N2O4S/c1-2-30(27,28)25-12-11-18-7-9-21(13-20(18)15-25)24-23(26)16-29-22-10-8-17-5-3-4-6-19(17)14-22/h3-10,13-14H,2,11-12,15-16H2,1H3,(H,24,26). The number of anilines is 1. The lowest BCUT2D eigenvalue weighted by molar-refractivity contribution is -0.118. The number of ether oxygens (including phenoxy) is 1. The zero-order valence-electron chi connectivity index (χ0n) is 16.8. The Morgan fingerprint density at radius 1 is 1.03 bits per heavy atom. The molecule has 0 aromatic heterocycles. The van der Waals surface area contributed by atoms with Gasteiger partial charge in [0.05, 0.1) is 5.75 Å². The Morgan fingerprint density at radius 3 is 2.63 bits per heavy atom. The molecular formula is C23H24N2O4S. The highest BCUT2D eigenvalue weighted by Gasteiger charge is 2.25. The highest BCUT2D eigenvalue weighted by atomic mass is 32.2. The molecule has 4 rings (SSSR count). The Morgan fingerprint density at radius 2 is 1.83 bits per heavy atom. The maximum Gasteiger partial charge on any atom is 0.262 e. The number of carbonyl (C=O) groups excluding carboxylic acids is 1. The monoisotopic (exact) mass is 424 g/mol. The predicted molar refractivity (Wildman–Crippen MR) is 118 cm³/mol. The highest BCUT2D eigenvalue weighted by Crippen LogP contribution is 2.25. The van der Waals surface area contributed by atoms with Crippen molar-refractivity contribution in [3.8, 4) is 5.75 Å². The average molecular weight is 425 g/mol. The van der Waals surface area contributed by atoms with Gasteiger partial charge in [0.25, 0.3) is 5.91 Å². The SMILES string of the molecule is CCS(=O)(=O)N1CCc2ccc(NC(=O)COc3ccc4ccccc4c3)cc2C1. The summed E-state index contributed by atoms with van der Waals surface area (Å²) in [6.45, 7) is 2.38. The molecule has 1 amide bonds. The largest absolute Gasteiger partial charge is 0.484 e. The molecule has 0 aliphatic carbocycles. The van der Waals surface area contributed by atoms with Crippen molar-refractivity contribution >= 4 is 32.4 Å². The van der Waals surface area contributed by atoms with Crippen molar-refractivity contribution in [2.75, 3.05) is 24.2 Å². The number of fused-ring (bicyclic) bond motifs is 2. The molecule has 0 unspecified atom stereocenters. The van der Waals surface area contributed by atoms with Crippen LogP contribution in [0.25, 0.3) is 10.8 Å². The van der Waals surface area contributed by atoms with E-state index in [1.807, 2.05) is 60.7 Å². The molecule has 7 heteroatoms. The van der Waals surface area contributed by atoms with Crippen LogP contribution in [0.2, 0.25) is 0 Å². The molecule has 3 aromatic carbocycles. The first kappa shape index (κ1) is 20.4. The van der Waals surface area contributed by atoms with Gasteiger partial charge in [0.2, 0.25) is 10.0 Å². The minimum absolute atomic E-state index is 0.0882. The van der Waals surface area contributed by atoms with E-state index in [0.717, 1.165) is 21.9 Å². The van der Waals surface area contributed by atoms with Gasteiger partial charge in [0, 0.05) is 18.8 Å². The Hall–Kier alpha value is -2.90. The molecule has 1 heterocycles. The van der Waals surface area contributed by atoms with E-state index in [9.17, 15) is 13.2 Å². The van der Waals surface area contributed by atoms with Crippen LogP contribution in [0.3, 0.4) is 0 Å². The third-order valence-corrected chi connectivity index (χ3v) is 7.14. The third kappa shape index (κ3) is 4.47. The van der Waals surface area contributed by atoms with E-state index in [-0.39, 0.29) is 18.3 Å². The van der Waals surface area contributed by atoms with E-state index in [1.165, 1.54) is 4.31 Å². The van der Waals surface area contributed by atoms with Gasteiger partial charge in [-0.05, 0) is 59.5 Å². The maximum absolute atomic E-state index is 12.3. The van der Waals surface area contributed by atoms with Crippen molar-refractivity contribution in [3.63, 3.8) is 0 Å². The lowest BCUT2D eigenvalue weighted by Crippen LogP contribution is -2.36. The fourth-order valence-corrected chi connectivity index (χ4v) is 4.70. The molecule has 0 saturated heterocycles. The summed E-state index contributed by atoms with van der Waals surface area (Å²) < 4.78 is 31.5. The average Bonchev–Trinajstić information content (AvgIpc) is 2.77. The van der Waals surface area contributed by atoms with Gasteiger partial charge in [0.1, 0.15) is 5.75 Å². The molecule has 0 radical (unpaired) electrons.